The number of phosphoric acid groups is 1. The fourth-order valence-electron chi connectivity index (χ4n) is 14.6. The van der Waals surface area contributed by atoms with Crippen LogP contribution in [-0.2, 0) is 23.1 Å². The van der Waals surface area contributed by atoms with Gasteiger partial charge in [-0.3, -0.25) is 9.05 Å². The zero-order valence-electron chi connectivity index (χ0n) is 33.4. The smallest absolute Gasteiger partial charge is 0.379 e. The molecule has 8 heteroatoms. The Labute approximate surface area is 323 Å². The summed E-state index contributed by atoms with van der Waals surface area (Å²) >= 11 is 0. The lowest BCUT2D eigenvalue weighted by Crippen LogP contribution is -2.69. The van der Waals surface area contributed by atoms with Crippen LogP contribution in [0.4, 0.5) is 0 Å². The topological polar surface area (TPSA) is 100 Å². The van der Waals surface area contributed by atoms with Crippen LogP contribution in [0.1, 0.15) is 154 Å². The van der Waals surface area contributed by atoms with E-state index in [1.807, 2.05) is 0 Å². The van der Waals surface area contributed by atoms with E-state index >= 15 is 0 Å². The van der Waals surface area contributed by atoms with Crippen molar-refractivity contribution in [2.45, 2.75) is 160 Å². The zero-order chi connectivity index (χ0) is 36.2. The van der Waals surface area contributed by atoms with Crippen molar-refractivity contribution in [3.05, 3.63) is 0 Å². The molecule has 0 aliphatic heterocycles. The van der Waals surface area contributed by atoms with Gasteiger partial charge in [0.25, 0.3) is 0 Å². The summed E-state index contributed by atoms with van der Waals surface area (Å²) in [6, 6.07) is 0. The molecule has 8 fully saturated rings. The first-order chi connectivity index (χ1) is 26.0. The SMILES string of the molecule is NCCOP(=O)(O)OC[C@@H](COCCCCCCCCC1CCC2C(C1)C1C3CCC3C21)OCCCCCCCCC1CCC2C(C1)C1C3CCC3C21. The third kappa shape index (κ3) is 9.02. The normalized spacial score (nSPS) is 41.5. The maximum atomic E-state index is 12.2. The molecular weight excluding hydrogens is 681 g/mol. The summed E-state index contributed by atoms with van der Waals surface area (Å²) < 4.78 is 34.5. The minimum absolute atomic E-state index is 0.0118. The average molecular weight is 760 g/mol. The first-order valence-electron chi connectivity index (χ1n) is 23.5. The minimum Gasteiger partial charge on any atom is -0.379 e. The Balaban J connectivity index is 0.620. The van der Waals surface area contributed by atoms with Crippen LogP contribution in [0.3, 0.4) is 0 Å². The predicted octanol–water partition coefficient (Wildman–Crippen LogP) is 10.6. The molecule has 0 bridgehead atoms. The molecule has 0 heterocycles. The van der Waals surface area contributed by atoms with Crippen molar-refractivity contribution in [2.24, 2.45) is 88.6 Å². The van der Waals surface area contributed by atoms with Gasteiger partial charge >= 0.3 is 7.82 Å². The van der Waals surface area contributed by atoms with Crippen LogP contribution in [-0.4, -0.2) is 50.6 Å². The van der Waals surface area contributed by atoms with E-state index in [-0.39, 0.29) is 25.9 Å². The van der Waals surface area contributed by atoms with Crippen LogP contribution >= 0.6 is 7.82 Å². The van der Waals surface area contributed by atoms with Gasteiger partial charge in [-0.1, -0.05) is 89.9 Å². The molecule has 0 radical (unpaired) electrons. The van der Waals surface area contributed by atoms with E-state index in [4.69, 9.17) is 24.3 Å². The minimum atomic E-state index is -4.14. The summed E-state index contributed by atoms with van der Waals surface area (Å²) in [5, 5.41) is 0. The first kappa shape index (κ1) is 39.8. The zero-order valence-corrected chi connectivity index (χ0v) is 34.3. The molecular formula is C45H78NO6P. The Morgan fingerprint density at radius 2 is 0.943 bits per heavy atom. The molecule has 304 valence electrons. The van der Waals surface area contributed by atoms with Crippen molar-refractivity contribution in [2.75, 3.05) is 39.6 Å². The summed E-state index contributed by atoms with van der Waals surface area (Å²) in [7, 11) is -4.14. The largest absolute Gasteiger partial charge is 0.472 e. The summed E-state index contributed by atoms with van der Waals surface area (Å²) in [5.41, 5.74) is 5.43. The highest BCUT2D eigenvalue weighted by Crippen LogP contribution is 2.75. The van der Waals surface area contributed by atoms with Gasteiger partial charge in [0.1, 0.15) is 6.10 Å². The monoisotopic (exact) mass is 760 g/mol. The molecule has 0 aromatic heterocycles. The second-order valence-corrected chi connectivity index (χ2v) is 21.4. The summed E-state index contributed by atoms with van der Waals surface area (Å²) in [4.78, 5) is 10.00. The molecule has 0 saturated heterocycles. The van der Waals surface area contributed by atoms with Crippen LogP contribution in [0.5, 0.6) is 0 Å². The number of ether oxygens (including phenoxy) is 2. The summed E-state index contributed by atoms with van der Waals surface area (Å²) in [5.74, 6) is 15.9. The van der Waals surface area contributed by atoms with E-state index < -0.39 is 7.82 Å². The van der Waals surface area contributed by atoms with E-state index in [0.29, 0.717) is 19.8 Å². The molecule has 8 aliphatic carbocycles. The van der Waals surface area contributed by atoms with Gasteiger partial charge in [-0.15, -0.1) is 0 Å². The van der Waals surface area contributed by atoms with Gasteiger partial charge in [0.2, 0.25) is 0 Å². The number of fused-ring (bicyclic) bond motifs is 14. The highest BCUT2D eigenvalue weighted by molar-refractivity contribution is 7.47. The Hall–Kier alpha value is -0.0100. The van der Waals surface area contributed by atoms with Gasteiger partial charge < -0.3 is 20.1 Å². The number of phosphoric ester groups is 1. The Morgan fingerprint density at radius 3 is 1.45 bits per heavy atom. The molecule has 53 heavy (non-hydrogen) atoms. The average Bonchev–Trinajstić information content (AvgIpc) is 3.13. The number of hydrogen-bond donors (Lipinski definition) is 2. The first-order valence-corrected chi connectivity index (χ1v) is 25.0. The fourth-order valence-corrected chi connectivity index (χ4v) is 15.3. The number of rotatable bonds is 27. The Bertz CT molecular complexity index is 1180. The van der Waals surface area contributed by atoms with E-state index in [9.17, 15) is 9.46 Å². The fraction of sp³-hybridized carbons (Fsp3) is 1.00. The Morgan fingerprint density at radius 1 is 0.509 bits per heavy atom. The third-order valence-electron chi connectivity index (χ3n) is 17.3. The molecule has 3 N–H and O–H groups in total. The number of unbranched alkanes of at least 4 members (excludes halogenated alkanes) is 10. The van der Waals surface area contributed by atoms with Gasteiger partial charge in [-0.2, -0.15) is 0 Å². The van der Waals surface area contributed by atoms with Crippen molar-refractivity contribution in [3.63, 3.8) is 0 Å². The van der Waals surface area contributed by atoms with E-state index in [0.717, 1.165) is 60.7 Å². The van der Waals surface area contributed by atoms with Gasteiger partial charge in [0, 0.05) is 19.8 Å². The lowest BCUT2D eigenvalue weighted by atomic mass is 9.30. The number of hydrogen-bond acceptors (Lipinski definition) is 6. The molecule has 15 unspecified atom stereocenters. The summed E-state index contributed by atoms with van der Waals surface area (Å²) in [6.07, 6.45) is 33.2. The van der Waals surface area contributed by atoms with Gasteiger partial charge in [0.05, 0.1) is 19.8 Å². The van der Waals surface area contributed by atoms with Crippen LogP contribution in [0, 0.1) is 82.9 Å². The highest BCUT2D eigenvalue weighted by Gasteiger charge is 2.69. The predicted molar refractivity (Wildman–Crippen MR) is 211 cm³/mol. The van der Waals surface area contributed by atoms with Crippen molar-refractivity contribution in [1.82, 2.24) is 0 Å². The van der Waals surface area contributed by atoms with Crippen LogP contribution in [0.25, 0.3) is 0 Å². The molecule has 8 aliphatic rings. The second-order valence-electron chi connectivity index (χ2n) is 19.9. The van der Waals surface area contributed by atoms with Crippen molar-refractivity contribution < 1.29 is 28.0 Å². The highest BCUT2D eigenvalue weighted by atomic mass is 31.2. The molecule has 0 spiro atoms. The number of nitrogens with two attached hydrogens (primary N) is 1. The second kappa shape index (κ2) is 18.7. The maximum Gasteiger partial charge on any atom is 0.472 e. The van der Waals surface area contributed by atoms with Gasteiger partial charge in [0.15, 0.2) is 0 Å². The Kier molecular flexibility index (Phi) is 14.1. The molecule has 16 atom stereocenters. The van der Waals surface area contributed by atoms with Crippen LogP contribution < -0.4 is 5.73 Å². The van der Waals surface area contributed by atoms with Gasteiger partial charge in [-0.25, -0.2) is 4.57 Å². The molecule has 8 saturated carbocycles. The van der Waals surface area contributed by atoms with E-state index in [2.05, 4.69) is 0 Å². The van der Waals surface area contributed by atoms with Crippen LogP contribution in [0.2, 0.25) is 0 Å². The molecule has 0 aromatic rings. The molecule has 0 aromatic carbocycles. The van der Waals surface area contributed by atoms with E-state index in [1.165, 1.54) is 125 Å². The van der Waals surface area contributed by atoms with Crippen molar-refractivity contribution in [1.29, 1.82) is 0 Å². The molecule has 0 amide bonds. The molecule has 7 nitrogen and oxygen atoms in total. The summed E-state index contributed by atoms with van der Waals surface area (Å²) in [6.45, 7) is 1.82. The molecule has 8 rings (SSSR count). The van der Waals surface area contributed by atoms with Gasteiger partial charge in [-0.05, 0) is 147 Å². The lowest BCUT2D eigenvalue weighted by Gasteiger charge is -2.74. The van der Waals surface area contributed by atoms with E-state index in [1.54, 1.807) is 51.4 Å². The maximum absolute atomic E-state index is 12.2. The third-order valence-corrected chi connectivity index (χ3v) is 18.3. The quantitative estimate of drug-likeness (QED) is 0.0635. The van der Waals surface area contributed by atoms with Crippen molar-refractivity contribution >= 4 is 7.82 Å². The standard InChI is InChI=1S/C45H78NO6P/c46-23-26-51-53(47,48)52-30-33(50-25-12-8-4-2-6-10-14-32-16-18-39-41(28-32)45-37-22-20-35(37)43(39)45)29-49-24-11-7-3-1-5-9-13-31-15-17-38-40(27-31)44-36-21-19-34(36)42(38)44/h31-45H,1-30,46H2,(H,47,48)/t31?,32?,33-,34?,35?,36?,37?,38?,39?,40?,41?,42?,43?,44?,45?/m1/s1. The lowest BCUT2D eigenvalue weighted by molar-refractivity contribution is -0.264. The van der Waals surface area contributed by atoms with Crippen LogP contribution in [0.15, 0.2) is 0 Å². The van der Waals surface area contributed by atoms with Crippen molar-refractivity contribution in [3.8, 4) is 0 Å².